The van der Waals surface area contributed by atoms with E-state index >= 15 is 0 Å². The number of carbonyl (C=O) groups is 3. The van der Waals surface area contributed by atoms with Gasteiger partial charge in [0.25, 0.3) is 11.8 Å². The molecule has 32 heavy (non-hydrogen) atoms. The highest BCUT2D eigenvalue weighted by molar-refractivity contribution is 7.11. The first-order valence-corrected chi connectivity index (χ1v) is 11.3. The van der Waals surface area contributed by atoms with Crippen molar-refractivity contribution < 1.29 is 19.5 Å². The SMILES string of the molecule is C=Cc1scc(C(=O)N2CCC2(C)C(=O)N(CCCC(=O)O)c2ccc(Cl)nc2)c1C=C. The first kappa shape index (κ1) is 23.7. The number of rotatable bonds is 9. The molecule has 2 aromatic rings. The van der Waals surface area contributed by atoms with Crippen molar-refractivity contribution in [3.05, 3.63) is 58.0 Å². The fourth-order valence-electron chi connectivity index (χ4n) is 3.72. The van der Waals surface area contributed by atoms with E-state index in [-0.39, 0.29) is 36.4 Å². The molecule has 1 saturated heterocycles. The Labute approximate surface area is 195 Å². The minimum atomic E-state index is -1.06. The maximum absolute atomic E-state index is 13.7. The first-order chi connectivity index (χ1) is 15.2. The van der Waals surface area contributed by atoms with E-state index < -0.39 is 11.5 Å². The molecule has 1 aliphatic heterocycles. The lowest BCUT2D eigenvalue weighted by Crippen LogP contribution is -2.68. The number of hydrogen-bond acceptors (Lipinski definition) is 5. The summed E-state index contributed by atoms with van der Waals surface area (Å²) in [6, 6.07) is 3.23. The molecule has 1 fully saturated rings. The number of likely N-dealkylation sites (tertiary alicyclic amines) is 1. The lowest BCUT2D eigenvalue weighted by Gasteiger charge is -2.50. The van der Waals surface area contributed by atoms with E-state index in [1.54, 1.807) is 41.5 Å². The molecule has 2 amide bonds. The molecule has 9 heteroatoms. The number of carboxylic acid groups (broad SMARTS) is 1. The highest BCUT2D eigenvalue weighted by atomic mass is 35.5. The summed E-state index contributed by atoms with van der Waals surface area (Å²) in [6.45, 7) is 9.93. The average molecular weight is 474 g/mol. The Kier molecular flexibility index (Phi) is 7.16. The first-order valence-electron chi connectivity index (χ1n) is 10.1. The van der Waals surface area contributed by atoms with Gasteiger partial charge >= 0.3 is 5.97 Å². The van der Waals surface area contributed by atoms with Gasteiger partial charge in [0.05, 0.1) is 17.4 Å². The summed E-state index contributed by atoms with van der Waals surface area (Å²) in [7, 11) is 0. The van der Waals surface area contributed by atoms with Crippen LogP contribution in [0.5, 0.6) is 0 Å². The Morgan fingerprint density at radius 3 is 2.62 bits per heavy atom. The zero-order chi connectivity index (χ0) is 23.5. The summed E-state index contributed by atoms with van der Waals surface area (Å²) in [4.78, 5) is 45.9. The molecule has 3 rings (SSSR count). The normalized spacial score (nSPS) is 17.4. The lowest BCUT2D eigenvalue weighted by atomic mass is 9.83. The molecule has 168 valence electrons. The van der Waals surface area contributed by atoms with E-state index in [0.717, 1.165) is 4.88 Å². The van der Waals surface area contributed by atoms with Crippen LogP contribution >= 0.6 is 22.9 Å². The monoisotopic (exact) mass is 473 g/mol. The van der Waals surface area contributed by atoms with Crippen LogP contribution in [0.25, 0.3) is 12.2 Å². The smallest absolute Gasteiger partial charge is 0.303 e. The van der Waals surface area contributed by atoms with Gasteiger partial charge in [-0.05, 0) is 31.9 Å². The molecule has 0 radical (unpaired) electrons. The molecule has 7 nitrogen and oxygen atoms in total. The van der Waals surface area contributed by atoms with Gasteiger partial charge in [-0.1, -0.05) is 36.9 Å². The standard InChI is InChI=1S/C23H24ClN3O4S/c1-4-16-17(14-32-18(16)5-2)21(30)27-12-10-23(27,3)22(31)26(11-6-7-20(28)29)15-8-9-19(24)25-13-15/h4-5,8-9,13-14H,1-2,6-7,10-12H2,3H3,(H,28,29). The van der Waals surface area contributed by atoms with E-state index in [0.29, 0.717) is 29.8 Å². The Hall–Kier alpha value is -2.97. The number of halogens is 1. The second-order valence-corrected chi connectivity index (χ2v) is 8.91. The molecule has 0 spiro atoms. The number of aromatic nitrogens is 1. The topological polar surface area (TPSA) is 90.8 Å². The second kappa shape index (κ2) is 9.67. The fourth-order valence-corrected chi connectivity index (χ4v) is 4.72. The number of carboxylic acids is 1. The second-order valence-electron chi connectivity index (χ2n) is 7.61. The summed E-state index contributed by atoms with van der Waals surface area (Å²) in [5.41, 5.74) is 0.636. The number of anilines is 1. The van der Waals surface area contributed by atoms with Gasteiger partial charge in [0.1, 0.15) is 10.7 Å². The molecule has 1 aliphatic rings. The number of carbonyl (C=O) groups excluding carboxylic acids is 2. The fraction of sp³-hybridized carbons (Fsp3) is 0.304. The number of aliphatic carboxylic acids is 1. The summed E-state index contributed by atoms with van der Waals surface area (Å²) >= 11 is 7.29. The van der Waals surface area contributed by atoms with E-state index in [4.69, 9.17) is 16.7 Å². The molecule has 1 N–H and O–H groups in total. The highest BCUT2D eigenvalue weighted by Gasteiger charge is 2.51. The Bertz CT molecular complexity index is 1070. The minimum absolute atomic E-state index is 0.0773. The molecule has 0 saturated carbocycles. The lowest BCUT2D eigenvalue weighted by molar-refractivity contribution is -0.137. The van der Waals surface area contributed by atoms with Crippen LogP contribution in [-0.2, 0) is 9.59 Å². The van der Waals surface area contributed by atoms with Gasteiger partial charge in [0, 0.05) is 35.3 Å². The third-order valence-corrected chi connectivity index (χ3v) is 6.86. The number of amides is 2. The largest absolute Gasteiger partial charge is 0.481 e. The van der Waals surface area contributed by atoms with Gasteiger partial charge in [-0.15, -0.1) is 11.3 Å². The van der Waals surface area contributed by atoms with E-state index in [1.165, 1.54) is 22.4 Å². The Morgan fingerprint density at radius 2 is 2.09 bits per heavy atom. The third kappa shape index (κ3) is 4.47. The van der Waals surface area contributed by atoms with Gasteiger partial charge in [0.2, 0.25) is 0 Å². The molecular weight excluding hydrogens is 450 g/mol. The molecule has 3 heterocycles. The number of pyridine rings is 1. The molecule has 0 bridgehead atoms. The predicted molar refractivity (Wildman–Crippen MR) is 127 cm³/mol. The number of thiophene rings is 1. The molecule has 1 atom stereocenters. The third-order valence-electron chi connectivity index (χ3n) is 5.64. The molecule has 0 aliphatic carbocycles. The van der Waals surface area contributed by atoms with Gasteiger partial charge in [-0.25, -0.2) is 4.98 Å². The van der Waals surface area contributed by atoms with Gasteiger partial charge in [-0.2, -0.15) is 0 Å². The van der Waals surface area contributed by atoms with Crippen LogP contribution < -0.4 is 4.90 Å². The van der Waals surface area contributed by atoms with Crippen LogP contribution in [0, 0.1) is 0 Å². The summed E-state index contributed by atoms with van der Waals surface area (Å²) in [6.07, 6.45) is 5.46. The van der Waals surface area contributed by atoms with Gasteiger partial charge in [0.15, 0.2) is 0 Å². The summed E-state index contributed by atoms with van der Waals surface area (Å²) < 4.78 is 0. The van der Waals surface area contributed by atoms with E-state index in [2.05, 4.69) is 18.1 Å². The van der Waals surface area contributed by atoms with Crippen LogP contribution in [0.2, 0.25) is 5.15 Å². The maximum Gasteiger partial charge on any atom is 0.303 e. The van der Waals surface area contributed by atoms with Crippen LogP contribution in [-0.4, -0.2) is 51.4 Å². The van der Waals surface area contributed by atoms with Crippen molar-refractivity contribution in [2.24, 2.45) is 0 Å². The van der Waals surface area contributed by atoms with Crippen molar-refractivity contribution in [3.8, 4) is 0 Å². The summed E-state index contributed by atoms with van der Waals surface area (Å²) in [5.74, 6) is -1.47. The predicted octanol–water partition coefficient (Wildman–Crippen LogP) is 4.59. The van der Waals surface area contributed by atoms with Crippen LogP contribution in [0.1, 0.15) is 47.0 Å². The van der Waals surface area contributed by atoms with Crippen LogP contribution in [0.4, 0.5) is 5.69 Å². The van der Waals surface area contributed by atoms with E-state index in [9.17, 15) is 14.4 Å². The van der Waals surface area contributed by atoms with Crippen LogP contribution in [0.3, 0.4) is 0 Å². The number of hydrogen-bond donors (Lipinski definition) is 1. The van der Waals surface area contributed by atoms with Gasteiger partial charge in [-0.3, -0.25) is 14.4 Å². The van der Waals surface area contributed by atoms with Crippen molar-refractivity contribution in [2.45, 2.75) is 31.7 Å². The van der Waals surface area contributed by atoms with Crippen molar-refractivity contribution in [1.82, 2.24) is 9.88 Å². The zero-order valence-electron chi connectivity index (χ0n) is 17.7. The van der Waals surface area contributed by atoms with Gasteiger partial charge < -0.3 is 14.9 Å². The average Bonchev–Trinajstić information content (AvgIpc) is 3.19. The zero-order valence-corrected chi connectivity index (χ0v) is 19.3. The highest BCUT2D eigenvalue weighted by Crippen LogP contribution is 2.37. The van der Waals surface area contributed by atoms with Crippen molar-refractivity contribution in [1.29, 1.82) is 0 Å². The quantitative estimate of drug-likeness (QED) is 0.538. The van der Waals surface area contributed by atoms with E-state index in [1.807, 2.05) is 0 Å². The molecule has 1 unspecified atom stereocenters. The molecular formula is C23H24ClN3O4S. The minimum Gasteiger partial charge on any atom is -0.481 e. The van der Waals surface area contributed by atoms with Crippen LogP contribution in [0.15, 0.2) is 36.9 Å². The number of nitrogens with zero attached hydrogens (tertiary/aromatic N) is 3. The van der Waals surface area contributed by atoms with Crippen molar-refractivity contribution >= 4 is 58.6 Å². The van der Waals surface area contributed by atoms with Crippen molar-refractivity contribution in [2.75, 3.05) is 18.0 Å². The Balaban J connectivity index is 1.89. The molecule has 0 aromatic carbocycles. The van der Waals surface area contributed by atoms with Crippen molar-refractivity contribution in [3.63, 3.8) is 0 Å². The molecule has 2 aromatic heterocycles. The Morgan fingerprint density at radius 1 is 1.34 bits per heavy atom. The summed E-state index contributed by atoms with van der Waals surface area (Å²) in [5, 5.41) is 11.0. The maximum atomic E-state index is 13.7.